The van der Waals surface area contributed by atoms with Gasteiger partial charge in [-0.05, 0) is 30.3 Å². The molecule has 1 heterocycles. The lowest BCUT2D eigenvalue weighted by Crippen LogP contribution is -1.98. The van der Waals surface area contributed by atoms with Crippen molar-refractivity contribution in [2.45, 2.75) is 9.24 Å². The van der Waals surface area contributed by atoms with Gasteiger partial charge in [0, 0.05) is 10.6 Å². The van der Waals surface area contributed by atoms with Crippen molar-refractivity contribution in [2.75, 3.05) is 5.73 Å². The van der Waals surface area contributed by atoms with Crippen LogP contribution in [0.25, 0.3) is 10.2 Å². The molecule has 100 valence electrons. The third kappa shape index (κ3) is 2.48. The Hall–Kier alpha value is -2.05. The van der Waals surface area contributed by atoms with Crippen molar-refractivity contribution in [3.63, 3.8) is 0 Å². The first-order valence-electron chi connectivity index (χ1n) is 5.80. The number of rotatable bonds is 3. The first-order chi connectivity index (χ1) is 9.63. The molecule has 0 radical (unpaired) electrons. The van der Waals surface area contributed by atoms with Crippen LogP contribution in [-0.4, -0.2) is 16.1 Å². The molecule has 0 spiro atoms. The van der Waals surface area contributed by atoms with Crippen LogP contribution in [0.1, 0.15) is 10.4 Å². The number of carboxylic acid groups (broad SMARTS) is 1. The van der Waals surface area contributed by atoms with Crippen LogP contribution in [-0.2, 0) is 0 Å². The van der Waals surface area contributed by atoms with Gasteiger partial charge in [-0.3, -0.25) is 0 Å². The largest absolute Gasteiger partial charge is 0.478 e. The average Bonchev–Trinajstić information content (AvgIpc) is 2.83. The zero-order valence-electron chi connectivity index (χ0n) is 10.2. The molecule has 0 unspecified atom stereocenters. The molecule has 0 saturated heterocycles. The Balaban J connectivity index is 1.92. The summed E-state index contributed by atoms with van der Waals surface area (Å²) in [4.78, 5) is 16.2. The van der Waals surface area contributed by atoms with Gasteiger partial charge in [0.15, 0.2) is 4.34 Å². The molecule has 0 bridgehead atoms. The van der Waals surface area contributed by atoms with E-state index >= 15 is 0 Å². The summed E-state index contributed by atoms with van der Waals surface area (Å²) < 4.78 is 2.01. The molecule has 2 aromatic carbocycles. The fourth-order valence-electron chi connectivity index (χ4n) is 1.76. The maximum Gasteiger partial charge on any atom is 0.335 e. The number of aromatic nitrogens is 1. The highest BCUT2D eigenvalue weighted by Gasteiger charge is 2.10. The summed E-state index contributed by atoms with van der Waals surface area (Å²) in [5, 5.41) is 8.91. The van der Waals surface area contributed by atoms with Crippen molar-refractivity contribution in [2.24, 2.45) is 0 Å². The topological polar surface area (TPSA) is 76.2 Å². The summed E-state index contributed by atoms with van der Waals surface area (Å²) in [5.74, 6) is -0.978. The van der Waals surface area contributed by atoms with Gasteiger partial charge in [0.1, 0.15) is 0 Å². The van der Waals surface area contributed by atoms with Crippen molar-refractivity contribution in [3.8, 4) is 0 Å². The average molecular weight is 302 g/mol. The highest BCUT2D eigenvalue weighted by molar-refractivity contribution is 8.01. The lowest BCUT2D eigenvalue weighted by Gasteiger charge is -2.03. The normalized spacial score (nSPS) is 10.8. The number of benzene rings is 2. The van der Waals surface area contributed by atoms with Crippen LogP contribution in [0.2, 0.25) is 0 Å². The summed E-state index contributed by atoms with van der Waals surface area (Å²) in [5.41, 5.74) is 7.50. The smallest absolute Gasteiger partial charge is 0.335 e. The van der Waals surface area contributed by atoms with E-state index in [9.17, 15) is 4.79 Å². The molecule has 4 nitrogen and oxygen atoms in total. The van der Waals surface area contributed by atoms with Crippen molar-refractivity contribution in [1.82, 2.24) is 4.98 Å². The first kappa shape index (κ1) is 13.0. The van der Waals surface area contributed by atoms with Crippen LogP contribution in [0.3, 0.4) is 0 Å². The Bertz CT molecular complexity index is 766. The lowest BCUT2D eigenvalue weighted by molar-refractivity contribution is 0.0697. The molecule has 0 aliphatic heterocycles. The second-order valence-electron chi connectivity index (χ2n) is 4.11. The van der Waals surface area contributed by atoms with Crippen LogP contribution < -0.4 is 5.73 Å². The minimum atomic E-state index is -0.978. The van der Waals surface area contributed by atoms with Gasteiger partial charge in [0.05, 0.1) is 15.8 Å². The number of para-hydroxylation sites is 1. The first-order valence-corrected chi connectivity index (χ1v) is 7.43. The zero-order valence-corrected chi connectivity index (χ0v) is 11.9. The molecule has 0 saturated carbocycles. The molecule has 1 aromatic heterocycles. The van der Waals surface area contributed by atoms with Crippen LogP contribution >= 0.6 is 23.1 Å². The van der Waals surface area contributed by atoms with Gasteiger partial charge in [-0.25, -0.2) is 9.78 Å². The molecule has 0 aliphatic carbocycles. The second-order valence-corrected chi connectivity index (χ2v) is 6.43. The number of carboxylic acids is 1. The molecule has 0 aliphatic rings. The summed E-state index contributed by atoms with van der Waals surface area (Å²) in [6.07, 6.45) is 0. The Morgan fingerprint density at radius 3 is 2.75 bits per heavy atom. The summed E-state index contributed by atoms with van der Waals surface area (Å²) in [6, 6.07) is 12.7. The monoisotopic (exact) mass is 302 g/mol. The molecular weight excluding hydrogens is 292 g/mol. The zero-order chi connectivity index (χ0) is 14.1. The predicted molar refractivity (Wildman–Crippen MR) is 81.6 cm³/mol. The molecule has 3 rings (SSSR count). The standard InChI is InChI=1S/C14H10N2O2S2/c15-9-7-8(13(17)18)5-6-11(9)19-14-16-10-3-1-2-4-12(10)20-14/h1-7H,15H2,(H,17,18). The van der Waals surface area contributed by atoms with Gasteiger partial charge in [-0.1, -0.05) is 23.9 Å². The number of aromatic carboxylic acids is 1. The maximum atomic E-state index is 10.9. The van der Waals surface area contributed by atoms with Gasteiger partial charge < -0.3 is 10.8 Å². The number of nitrogens with two attached hydrogens (primary N) is 1. The molecule has 3 aromatic rings. The van der Waals surface area contributed by atoms with E-state index in [4.69, 9.17) is 10.8 Å². The third-order valence-corrected chi connectivity index (χ3v) is 4.92. The van der Waals surface area contributed by atoms with Gasteiger partial charge in [-0.15, -0.1) is 11.3 Å². The number of thiazole rings is 1. The van der Waals surface area contributed by atoms with Gasteiger partial charge in [0.25, 0.3) is 0 Å². The molecular formula is C14H10N2O2S2. The van der Waals surface area contributed by atoms with E-state index in [1.165, 1.54) is 17.8 Å². The minimum Gasteiger partial charge on any atom is -0.478 e. The number of hydrogen-bond acceptors (Lipinski definition) is 5. The van der Waals surface area contributed by atoms with E-state index < -0.39 is 5.97 Å². The van der Waals surface area contributed by atoms with Crippen LogP contribution in [0.5, 0.6) is 0 Å². The van der Waals surface area contributed by atoms with E-state index in [1.807, 2.05) is 24.3 Å². The highest BCUT2D eigenvalue weighted by Crippen LogP contribution is 2.37. The van der Waals surface area contributed by atoms with E-state index in [0.717, 1.165) is 19.5 Å². The molecule has 6 heteroatoms. The molecule has 0 fully saturated rings. The Morgan fingerprint density at radius 2 is 2.05 bits per heavy atom. The molecule has 0 atom stereocenters. The van der Waals surface area contributed by atoms with E-state index in [2.05, 4.69) is 4.98 Å². The van der Waals surface area contributed by atoms with Gasteiger partial charge in [0.2, 0.25) is 0 Å². The summed E-state index contributed by atoms with van der Waals surface area (Å²) in [7, 11) is 0. The number of carbonyl (C=O) groups is 1. The van der Waals surface area contributed by atoms with E-state index in [-0.39, 0.29) is 5.56 Å². The number of fused-ring (bicyclic) bond motifs is 1. The number of nitrogen functional groups attached to an aromatic ring is 1. The third-order valence-electron chi connectivity index (χ3n) is 2.73. The molecule has 20 heavy (non-hydrogen) atoms. The number of nitrogens with zero attached hydrogens (tertiary/aromatic N) is 1. The van der Waals surface area contributed by atoms with E-state index in [0.29, 0.717) is 5.69 Å². The van der Waals surface area contributed by atoms with E-state index in [1.54, 1.807) is 23.5 Å². The van der Waals surface area contributed by atoms with Crippen LogP contribution in [0, 0.1) is 0 Å². The number of hydrogen-bond donors (Lipinski definition) is 2. The summed E-state index contributed by atoms with van der Waals surface area (Å²) >= 11 is 3.04. The second kappa shape index (κ2) is 5.15. The van der Waals surface area contributed by atoms with Crippen molar-refractivity contribution < 1.29 is 9.90 Å². The quantitative estimate of drug-likeness (QED) is 0.721. The van der Waals surface area contributed by atoms with Crippen LogP contribution in [0.15, 0.2) is 51.7 Å². The molecule has 0 amide bonds. The van der Waals surface area contributed by atoms with Crippen LogP contribution in [0.4, 0.5) is 5.69 Å². The Kier molecular flexibility index (Phi) is 3.33. The number of anilines is 1. The minimum absolute atomic E-state index is 0.191. The Morgan fingerprint density at radius 1 is 1.25 bits per heavy atom. The lowest BCUT2D eigenvalue weighted by atomic mass is 10.2. The summed E-state index contributed by atoms with van der Waals surface area (Å²) in [6.45, 7) is 0. The fourth-order valence-corrected chi connectivity index (χ4v) is 3.81. The molecule has 3 N–H and O–H groups in total. The van der Waals surface area contributed by atoms with Gasteiger partial charge >= 0.3 is 5.97 Å². The highest BCUT2D eigenvalue weighted by atomic mass is 32.2. The van der Waals surface area contributed by atoms with Crippen molar-refractivity contribution in [1.29, 1.82) is 0 Å². The fraction of sp³-hybridized carbons (Fsp3) is 0. The predicted octanol–water partition coefficient (Wildman–Crippen LogP) is 3.73. The van der Waals surface area contributed by atoms with Gasteiger partial charge in [-0.2, -0.15) is 0 Å². The Labute approximate surface area is 123 Å². The van der Waals surface area contributed by atoms with Crippen molar-refractivity contribution >= 4 is 45.0 Å². The maximum absolute atomic E-state index is 10.9. The van der Waals surface area contributed by atoms with Crippen molar-refractivity contribution in [3.05, 3.63) is 48.0 Å². The SMILES string of the molecule is Nc1cc(C(=O)O)ccc1Sc1nc2ccccc2s1.